The molecular weight excluding hydrogens is 452 g/mol. The first-order valence-electron chi connectivity index (χ1n) is 12.4. The van der Waals surface area contributed by atoms with Crippen LogP contribution < -0.4 is 20.7 Å². The number of nitrogens with zero attached hydrogens (tertiary/aromatic N) is 2. The molecule has 1 unspecified atom stereocenters. The molecule has 0 aromatic heterocycles. The molecule has 1 atom stereocenters. The van der Waals surface area contributed by atoms with Gasteiger partial charge in [0.1, 0.15) is 12.4 Å². The van der Waals surface area contributed by atoms with Crippen molar-refractivity contribution < 1.29 is 14.3 Å². The molecule has 0 saturated carbocycles. The summed E-state index contributed by atoms with van der Waals surface area (Å²) in [5.74, 6) is 0.581. The van der Waals surface area contributed by atoms with Gasteiger partial charge in [0.25, 0.3) is 0 Å². The minimum absolute atomic E-state index is 0.0183. The lowest BCUT2D eigenvalue weighted by Gasteiger charge is -2.26. The Bertz CT molecular complexity index is 1110. The largest absolute Gasteiger partial charge is 0.489 e. The van der Waals surface area contributed by atoms with E-state index in [0.29, 0.717) is 26.2 Å². The summed E-state index contributed by atoms with van der Waals surface area (Å²) < 4.78 is 5.89. The number of likely N-dealkylation sites (tertiary alicyclic amines) is 1. The summed E-state index contributed by atoms with van der Waals surface area (Å²) in [4.78, 5) is 29.3. The van der Waals surface area contributed by atoms with Gasteiger partial charge in [-0.1, -0.05) is 60.7 Å². The number of amides is 2. The van der Waals surface area contributed by atoms with Crippen LogP contribution in [0.5, 0.6) is 5.75 Å². The zero-order chi connectivity index (χ0) is 25.2. The van der Waals surface area contributed by atoms with Crippen molar-refractivity contribution in [3.05, 3.63) is 96.1 Å². The lowest BCUT2D eigenvalue weighted by atomic mass is 10.1. The molecule has 0 spiro atoms. The third-order valence-corrected chi connectivity index (χ3v) is 6.27. The maximum Gasteiger partial charge on any atom is 0.242 e. The highest BCUT2D eigenvalue weighted by atomic mass is 16.5. The summed E-state index contributed by atoms with van der Waals surface area (Å²) in [6.07, 6.45) is 1.56. The Morgan fingerprint density at radius 3 is 2.22 bits per heavy atom. The maximum atomic E-state index is 13.0. The summed E-state index contributed by atoms with van der Waals surface area (Å²) in [5, 5.41) is 2.98. The minimum Gasteiger partial charge on any atom is -0.489 e. The van der Waals surface area contributed by atoms with Crippen molar-refractivity contribution in [2.75, 3.05) is 37.6 Å². The molecule has 3 N–H and O–H groups in total. The molecule has 1 aliphatic rings. The fraction of sp³-hybridized carbons (Fsp3) is 0.310. The molecule has 1 saturated heterocycles. The number of anilines is 1. The second kappa shape index (κ2) is 12.7. The molecule has 1 heterocycles. The van der Waals surface area contributed by atoms with Crippen molar-refractivity contribution in [3.8, 4) is 5.75 Å². The van der Waals surface area contributed by atoms with E-state index in [4.69, 9.17) is 10.5 Å². The summed E-state index contributed by atoms with van der Waals surface area (Å²) >= 11 is 0. The molecule has 0 aliphatic carbocycles. The first-order chi connectivity index (χ1) is 17.6. The SMILES string of the molecule is NC1CCN(C(=O)CN(CC(=O)NCCc2ccccc2)c2ccc(OCc3ccccc3)cc2)C1. The van der Waals surface area contributed by atoms with Crippen LogP contribution in [0.3, 0.4) is 0 Å². The number of nitrogens with two attached hydrogens (primary N) is 1. The summed E-state index contributed by atoms with van der Waals surface area (Å²) in [6.45, 7) is 2.43. The quantitative estimate of drug-likeness (QED) is 0.435. The van der Waals surface area contributed by atoms with Gasteiger partial charge in [0.05, 0.1) is 13.1 Å². The van der Waals surface area contributed by atoms with Crippen LogP contribution in [0.25, 0.3) is 0 Å². The van der Waals surface area contributed by atoms with Crippen molar-refractivity contribution in [2.45, 2.75) is 25.5 Å². The molecule has 7 heteroatoms. The molecule has 3 aromatic carbocycles. The third kappa shape index (κ3) is 7.58. The molecule has 1 fully saturated rings. The van der Waals surface area contributed by atoms with Crippen LogP contribution in [-0.2, 0) is 22.6 Å². The van der Waals surface area contributed by atoms with E-state index in [1.807, 2.05) is 89.8 Å². The Kier molecular flexibility index (Phi) is 8.94. The van der Waals surface area contributed by atoms with Crippen LogP contribution in [0, 0.1) is 0 Å². The Labute approximate surface area is 212 Å². The Hall–Kier alpha value is -3.84. The number of carbonyl (C=O) groups is 2. The lowest BCUT2D eigenvalue weighted by Crippen LogP contribution is -2.44. The standard InChI is InChI=1S/C29H34N4O3/c30-25-16-18-32(19-25)29(35)21-33(20-28(34)31-17-15-23-7-3-1-4-8-23)26-11-13-27(14-12-26)36-22-24-9-5-2-6-10-24/h1-14,25H,15-22,30H2,(H,31,34). The molecule has 188 valence electrons. The molecule has 4 rings (SSSR count). The normalized spacial score (nSPS) is 14.9. The van der Waals surface area contributed by atoms with Gasteiger partial charge in [-0.2, -0.15) is 0 Å². The van der Waals surface area contributed by atoms with Crippen molar-refractivity contribution in [1.29, 1.82) is 0 Å². The van der Waals surface area contributed by atoms with Crippen LogP contribution in [0.2, 0.25) is 0 Å². The van der Waals surface area contributed by atoms with E-state index < -0.39 is 0 Å². The third-order valence-electron chi connectivity index (χ3n) is 6.27. The van der Waals surface area contributed by atoms with Crippen LogP contribution in [-0.4, -0.2) is 55.5 Å². The van der Waals surface area contributed by atoms with Gasteiger partial charge >= 0.3 is 0 Å². The highest BCUT2D eigenvalue weighted by Crippen LogP contribution is 2.21. The molecular formula is C29H34N4O3. The van der Waals surface area contributed by atoms with Crippen molar-refractivity contribution in [1.82, 2.24) is 10.2 Å². The number of ether oxygens (including phenoxy) is 1. The summed E-state index contributed by atoms with van der Waals surface area (Å²) in [7, 11) is 0. The fourth-order valence-corrected chi connectivity index (χ4v) is 4.23. The molecule has 3 aromatic rings. The van der Waals surface area contributed by atoms with Gasteiger partial charge in [0, 0.05) is 31.4 Å². The van der Waals surface area contributed by atoms with E-state index in [0.717, 1.165) is 29.8 Å². The fourth-order valence-electron chi connectivity index (χ4n) is 4.23. The van der Waals surface area contributed by atoms with Gasteiger partial charge in [0.2, 0.25) is 11.8 Å². The predicted octanol–water partition coefficient (Wildman–Crippen LogP) is 2.99. The van der Waals surface area contributed by atoms with E-state index in [2.05, 4.69) is 5.32 Å². The number of rotatable bonds is 11. The van der Waals surface area contributed by atoms with Crippen LogP contribution in [0.4, 0.5) is 5.69 Å². The van der Waals surface area contributed by atoms with E-state index in [9.17, 15) is 9.59 Å². The smallest absolute Gasteiger partial charge is 0.242 e. The first-order valence-corrected chi connectivity index (χ1v) is 12.4. The molecule has 1 aliphatic heterocycles. The maximum absolute atomic E-state index is 13.0. The van der Waals surface area contributed by atoms with Gasteiger partial charge in [-0.3, -0.25) is 9.59 Å². The number of carbonyl (C=O) groups excluding carboxylic acids is 2. The molecule has 0 bridgehead atoms. The lowest BCUT2D eigenvalue weighted by molar-refractivity contribution is -0.128. The minimum atomic E-state index is -0.124. The Balaban J connectivity index is 1.37. The molecule has 7 nitrogen and oxygen atoms in total. The van der Waals surface area contributed by atoms with Gasteiger partial charge in [-0.05, 0) is 48.2 Å². The van der Waals surface area contributed by atoms with Crippen LogP contribution >= 0.6 is 0 Å². The average molecular weight is 487 g/mol. The van der Waals surface area contributed by atoms with E-state index in [-0.39, 0.29) is 30.9 Å². The van der Waals surface area contributed by atoms with E-state index >= 15 is 0 Å². The Morgan fingerprint density at radius 1 is 0.917 bits per heavy atom. The van der Waals surface area contributed by atoms with Crippen molar-refractivity contribution in [2.24, 2.45) is 5.73 Å². The van der Waals surface area contributed by atoms with Gasteiger partial charge in [-0.15, -0.1) is 0 Å². The van der Waals surface area contributed by atoms with E-state index in [1.54, 1.807) is 4.90 Å². The zero-order valence-corrected chi connectivity index (χ0v) is 20.5. The molecule has 2 amide bonds. The monoisotopic (exact) mass is 486 g/mol. The number of hydrogen-bond acceptors (Lipinski definition) is 5. The predicted molar refractivity (Wildman–Crippen MR) is 142 cm³/mol. The van der Waals surface area contributed by atoms with Gasteiger partial charge in [-0.25, -0.2) is 0 Å². The first kappa shape index (κ1) is 25.3. The molecule has 36 heavy (non-hydrogen) atoms. The van der Waals surface area contributed by atoms with Crippen molar-refractivity contribution >= 4 is 17.5 Å². The van der Waals surface area contributed by atoms with Crippen LogP contribution in [0.15, 0.2) is 84.9 Å². The van der Waals surface area contributed by atoms with Gasteiger partial charge < -0.3 is 25.6 Å². The average Bonchev–Trinajstić information content (AvgIpc) is 3.35. The van der Waals surface area contributed by atoms with Gasteiger partial charge in [0.15, 0.2) is 0 Å². The number of benzene rings is 3. The summed E-state index contributed by atoms with van der Waals surface area (Å²) in [5.41, 5.74) is 9.03. The Morgan fingerprint density at radius 2 is 1.58 bits per heavy atom. The van der Waals surface area contributed by atoms with Crippen LogP contribution in [0.1, 0.15) is 17.5 Å². The number of nitrogens with one attached hydrogen (secondary N) is 1. The second-order valence-corrected chi connectivity index (χ2v) is 9.10. The molecule has 0 radical (unpaired) electrons. The highest BCUT2D eigenvalue weighted by Gasteiger charge is 2.25. The second-order valence-electron chi connectivity index (χ2n) is 9.10. The number of hydrogen-bond donors (Lipinski definition) is 2. The highest BCUT2D eigenvalue weighted by molar-refractivity contribution is 5.86. The van der Waals surface area contributed by atoms with E-state index in [1.165, 1.54) is 5.56 Å². The topological polar surface area (TPSA) is 87.9 Å². The van der Waals surface area contributed by atoms with Crippen molar-refractivity contribution in [3.63, 3.8) is 0 Å². The zero-order valence-electron chi connectivity index (χ0n) is 20.5. The summed E-state index contributed by atoms with van der Waals surface area (Å²) in [6, 6.07) is 27.5.